The zero-order valence-electron chi connectivity index (χ0n) is 15.2. The van der Waals surface area contributed by atoms with Crippen molar-refractivity contribution in [2.24, 2.45) is 5.92 Å². The highest BCUT2D eigenvalue weighted by atomic mass is 79.9. The second kappa shape index (κ2) is 8.54. The predicted molar refractivity (Wildman–Crippen MR) is 107 cm³/mol. The molecule has 0 N–H and O–H groups in total. The monoisotopic (exact) mass is 417 g/mol. The lowest BCUT2D eigenvalue weighted by atomic mass is 9.98. The molecule has 26 heavy (non-hydrogen) atoms. The summed E-state index contributed by atoms with van der Waals surface area (Å²) in [6.45, 7) is 2.12. The van der Waals surface area contributed by atoms with Gasteiger partial charge in [0.25, 0.3) is 5.91 Å². The Morgan fingerprint density at radius 2 is 2.12 bits per heavy atom. The molecule has 1 amide bonds. The van der Waals surface area contributed by atoms with Gasteiger partial charge in [0.15, 0.2) is 0 Å². The highest BCUT2D eigenvalue weighted by Gasteiger charge is 2.27. The summed E-state index contributed by atoms with van der Waals surface area (Å²) in [5.74, 6) is 1.95. The maximum absolute atomic E-state index is 13.1. The number of hydrogen-bond acceptors (Lipinski definition) is 4. The number of carbonyl (C=O) groups is 1. The van der Waals surface area contributed by atoms with Crippen LogP contribution in [0.3, 0.4) is 0 Å². The molecule has 0 bridgehead atoms. The molecule has 6 heteroatoms. The Hall–Kier alpha value is -2.08. The van der Waals surface area contributed by atoms with Crippen LogP contribution in [-0.4, -0.2) is 49.6 Å². The van der Waals surface area contributed by atoms with Gasteiger partial charge in [-0.2, -0.15) is 0 Å². The van der Waals surface area contributed by atoms with Gasteiger partial charge in [0.2, 0.25) is 0 Å². The molecule has 0 saturated carbocycles. The van der Waals surface area contributed by atoms with Gasteiger partial charge in [-0.1, -0.05) is 18.2 Å². The molecular weight excluding hydrogens is 394 g/mol. The molecule has 1 aliphatic heterocycles. The number of ether oxygens (including phenoxy) is 1. The molecule has 1 atom stereocenters. The third-order valence-electron chi connectivity index (χ3n) is 4.52. The average molecular weight is 418 g/mol. The second-order valence-electron chi connectivity index (χ2n) is 6.80. The van der Waals surface area contributed by atoms with Crippen molar-refractivity contribution in [2.45, 2.75) is 12.8 Å². The first-order valence-corrected chi connectivity index (χ1v) is 9.64. The Morgan fingerprint density at radius 3 is 2.85 bits per heavy atom. The van der Waals surface area contributed by atoms with Gasteiger partial charge in [-0.15, -0.1) is 0 Å². The molecule has 1 unspecified atom stereocenters. The molecule has 1 aromatic carbocycles. The molecule has 1 fully saturated rings. The summed E-state index contributed by atoms with van der Waals surface area (Å²) in [6.07, 6.45) is 3.79. The number of pyridine rings is 1. The topological polar surface area (TPSA) is 45.7 Å². The number of para-hydroxylation sites is 1. The van der Waals surface area contributed by atoms with Crippen molar-refractivity contribution in [3.8, 4) is 5.75 Å². The van der Waals surface area contributed by atoms with Gasteiger partial charge < -0.3 is 14.5 Å². The maximum atomic E-state index is 13.1. The Bertz CT molecular complexity index is 752. The van der Waals surface area contributed by atoms with Crippen LogP contribution in [0.4, 0.5) is 5.82 Å². The zero-order valence-corrected chi connectivity index (χ0v) is 16.8. The van der Waals surface area contributed by atoms with Crippen LogP contribution in [-0.2, 0) is 0 Å². The van der Waals surface area contributed by atoms with Crippen LogP contribution in [0.5, 0.6) is 5.75 Å². The van der Waals surface area contributed by atoms with Gasteiger partial charge in [0.1, 0.15) is 11.6 Å². The lowest BCUT2D eigenvalue weighted by molar-refractivity contribution is 0.0633. The number of halogens is 1. The molecule has 5 nitrogen and oxygen atoms in total. The van der Waals surface area contributed by atoms with E-state index in [9.17, 15) is 4.79 Å². The second-order valence-corrected chi connectivity index (χ2v) is 7.72. The first kappa shape index (κ1) is 18.7. The number of benzene rings is 1. The van der Waals surface area contributed by atoms with Crippen molar-refractivity contribution >= 4 is 27.7 Å². The molecule has 1 aliphatic rings. The van der Waals surface area contributed by atoms with E-state index in [0.717, 1.165) is 29.6 Å². The summed E-state index contributed by atoms with van der Waals surface area (Å²) in [5.41, 5.74) is 0.633. The van der Waals surface area contributed by atoms with Gasteiger partial charge in [0.05, 0.1) is 12.2 Å². The molecule has 2 aromatic rings. The van der Waals surface area contributed by atoms with Crippen LogP contribution in [0.2, 0.25) is 0 Å². The molecule has 1 aromatic heterocycles. The van der Waals surface area contributed by atoms with E-state index in [4.69, 9.17) is 4.74 Å². The van der Waals surface area contributed by atoms with Gasteiger partial charge in [-0.05, 0) is 47.0 Å². The van der Waals surface area contributed by atoms with Crippen molar-refractivity contribution in [2.75, 3.05) is 38.7 Å². The largest absolute Gasteiger partial charge is 0.493 e. The molecule has 138 valence electrons. The SMILES string of the molecule is CN(C)c1ncc(Br)cc1C(=O)N1CCCC(COc2ccccc2)C1. The third-order valence-corrected chi connectivity index (χ3v) is 4.96. The van der Waals surface area contributed by atoms with Crippen LogP contribution in [0.15, 0.2) is 47.1 Å². The van der Waals surface area contributed by atoms with Crippen molar-refractivity contribution in [3.63, 3.8) is 0 Å². The Kier molecular flexibility index (Phi) is 6.14. The van der Waals surface area contributed by atoms with Crippen LogP contribution < -0.4 is 9.64 Å². The molecule has 2 heterocycles. The van der Waals surface area contributed by atoms with Gasteiger partial charge in [-0.3, -0.25) is 4.79 Å². The van der Waals surface area contributed by atoms with Crippen LogP contribution in [0.25, 0.3) is 0 Å². The highest BCUT2D eigenvalue weighted by molar-refractivity contribution is 9.10. The van der Waals surface area contributed by atoms with E-state index in [-0.39, 0.29) is 5.91 Å². The van der Waals surface area contributed by atoms with Crippen molar-refractivity contribution in [1.82, 2.24) is 9.88 Å². The van der Waals surface area contributed by atoms with E-state index < -0.39 is 0 Å². The van der Waals surface area contributed by atoms with Gasteiger partial charge in [0, 0.05) is 43.8 Å². The van der Waals surface area contributed by atoms with Crippen molar-refractivity contribution in [1.29, 1.82) is 0 Å². The van der Waals surface area contributed by atoms with Gasteiger partial charge in [-0.25, -0.2) is 4.98 Å². The number of piperidine rings is 1. The van der Waals surface area contributed by atoms with Gasteiger partial charge >= 0.3 is 0 Å². The molecule has 3 rings (SSSR count). The maximum Gasteiger partial charge on any atom is 0.257 e. The van der Waals surface area contributed by atoms with Crippen LogP contribution in [0.1, 0.15) is 23.2 Å². The number of nitrogens with zero attached hydrogens (tertiary/aromatic N) is 3. The number of anilines is 1. The summed E-state index contributed by atoms with van der Waals surface area (Å²) >= 11 is 3.43. The van der Waals surface area contributed by atoms with E-state index in [0.29, 0.717) is 30.5 Å². The fraction of sp³-hybridized carbons (Fsp3) is 0.400. The molecular formula is C20H24BrN3O2. The normalized spacial score (nSPS) is 17.0. The minimum Gasteiger partial charge on any atom is -0.493 e. The van der Waals surface area contributed by atoms with Crippen molar-refractivity contribution < 1.29 is 9.53 Å². The summed E-state index contributed by atoms with van der Waals surface area (Å²) in [4.78, 5) is 21.3. The summed E-state index contributed by atoms with van der Waals surface area (Å²) in [7, 11) is 3.81. The van der Waals surface area contributed by atoms with Crippen LogP contribution >= 0.6 is 15.9 Å². The average Bonchev–Trinajstić information content (AvgIpc) is 2.66. The molecule has 0 aliphatic carbocycles. The van der Waals surface area contributed by atoms with E-state index in [1.165, 1.54) is 0 Å². The number of aromatic nitrogens is 1. The zero-order chi connectivity index (χ0) is 18.5. The Balaban J connectivity index is 1.67. The van der Waals surface area contributed by atoms with E-state index in [1.807, 2.05) is 60.3 Å². The Labute approximate surface area is 163 Å². The molecule has 1 saturated heterocycles. The quantitative estimate of drug-likeness (QED) is 0.740. The Morgan fingerprint density at radius 1 is 1.35 bits per heavy atom. The standard InChI is InChI=1S/C20H24BrN3O2/c1-23(2)19-18(11-16(21)12-22-19)20(25)24-10-6-7-15(13-24)14-26-17-8-4-3-5-9-17/h3-5,8-9,11-12,15H,6-7,10,13-14H2,1-2H3. The summed E-state index contributed by atoms with van der Waals surface area (Å²) in [6, 6.07) is 11.7. The summed E-state index contributed by atoms with van der Waals surface area (Å²) in [5, 5.41) is 0. The van der Waals surface area contributed by atoms with E-state index in [2.05, 4.69) is 20.9 Å². The van der Waals surface area contributed by atoms with Crippen molar-refractivity contribution in [3.05, 3.63) is 52.6 Å². The first-order chi connectivity index (χ1) is 12.5. The molecule has 0 spiro atoms. The smallest absolute Gasteiger partial charge is 0.257 e. The first-order valence-electron chi connectivity index (χ1n) is 8.84. The number of hydrogen-bond donors (Lipinski definition) is 0. The number of rotatable bonds is 5. The molecule has 0 radical (unpaired) electrons. The lowest BCUT2D eigenvalue weighted by Gasteiger charge is -2.33. The number of likely N-dealkylation sites (tertiary alicyclic amines) is 1. The minimum absolute atomic E-state index is 0.0342. The van der Waals surface area contributed by atoms with E-state index in [1.54, 1.807) is 6.20 Å². The summed E-state index contributed by atoms with van der Waals surface area (Å²) < 4.78 is 6.71. The number of carbonyl (C=O) groups excluding carboxylic acids is 1. The lowest BCUT2D eigenvalue weighted by Crippen LogP contribution is -2.42. The fourth-order valence-corrected chi connectivity index (χ4v) is 3.56. The highest BCUT2D eigenvalue weighted by Crippen LogP contribution is 2.25. The van der Waals surface area contributed by atoms with E-state index >= 15 is 0 Å². The number of amides is 1. The minimum atomic E-state index is 0.0342. The van der Waals surface area contributed by atoms with Crippen LogP contribution in [0, 0.1) is 5.92 Å². The third kappa shape index (κ3) is 4.55. The fourth-order valence-electron chi connectivity index (χ4n) is 3.23. The predicted octanol–water partition coefficient (Wildman–Crippen LogP) is 3.84.